The van der Waals surface area contributed by atoms with Crippen LogP contribution in [-0.2, 0) is 0 Å². The number of rotatable bonds is 2. The number of hydrogen-bond acceptors (Lipinski definition) is 2. The summed E-state index contributed by atoms with van der Waals surface area (Å²) in [5.41, 5.74) is 8.15. The smallest absolute Gasteiger partial charge is 0.265 e. The number of nitrogens with one attached hydrogen (secondary N) is 1. The van der Waals surface area contributed by atoms with E-state index in [1.165, 1.54) is 12.1 Å². The number of carbonyl (C=O) groups excluding carboxylic acids is 1. The Hall–Kier alpha value is -3.13. The van der Waals surface area contributed by atoms with Gasteiger partial charge in [-0.05, 0) is 35.9 Å². The van der Waals surface area contributed by atoms with Crippen LogP contribution in [0.2, 0.25) is 0 Å². The minimum absolute atomic E-state index is 0.267. The molecule has 4 nitrogen and oxygen atoms in total. The van der Waals surface area contributed by atoms with E-state index in [4.69, 9.17) is 11.0 Å². The van der Waals surface area contributed by atoms with Crippen LogP contribution in [0.5, 0.6) is 0 Å². The van der Waals surface area contributed by atoms with Gasteiger partial charge in [-0.3, -0.25) is 4.79 Å². The Bertz CT molecular complexity index is 888. The molecule has 2 aromatic carbocycles. The van der Waals surface area contributed by atoms with Gasteiger partial charge in [-0.2, -0.15) is 5.26 Å². The second-order valence-electron chi connectivity index (χ2n) is 4.65. The first kappa shape index (κ1) is 12.9. The maximum absolute atomic E-state index is 13.1. The molecule has 1 amide bonds. The Morgan fingerprint density at radius 2 is 1.90 bits per heavy atom. The molecule has 5 heteroatoms. The van der Waals surface area contributed by atoms with Crippen LogP contribution in [0.15, 0.2) is 42.5 Å². The molecule has 0 atom stereocenters. The summed E-state index contributed by atoms with van der Waals surface area (Å²) in [5, 5.41) is 9.83. The van der Waals surface area contributed by atoms with Gasteiger partial charge >= 0.3 is 0 Å². The minimum Gasteiger partial charge on any atom is -0.364 e. The normalized spacial score (nSPS) is 10.5. The standard InChI is InChI=1S/C16H10FN3O/c17-12-3-1-10(2-4-12)13-6-9(8-18)5-11-7-14(16(19)21)20-15(11)13/h1-7,20H,(H2,19,21). The van der Waals surface area contributed by atoms with E-state index in [0.29, 0.717) is 16.5 Å². The van der Waals surface area contributed by atoms with Gasteiger partial charge in [0.2, 0.25) is 0 Å². The summed E-state index contributed by atoms with van der Waals surface area (Å²) >= 11 is 0. The fourth-order valence-corrected chi connectivity index (χ4v) is 2.30. The van der Waals surface area contributed by atoms with Crippen molar-refractivity contribution < 1.29 is 9.18 Å². The lowest BCUT2D eigenvalue weighted by molar-refractivity contribution is 0.0996. The largest absolute Gasteiger partial charge is 0.364 e. The Labute approximate surface area is 119 Å². The van der Waals surface area contributed by atoms with Gasteiger partial charge in [0.15, 0.2) is 0 Å². The number of aromatic amines is 1. The van der Waals surface area contributed by atoms with E-state index in [1.54, 1.807) is 30.3 Å². The van der Waals surface area contributed by atoms with Gasteiger partial charge in [-0.25, -0.2) is 4.39 Å². The van der Waals surface area contributed by atoms with E-state index in [2.05, 4.69) is 11.1 Å². The molecule has 0 radical (unpaired) electrons. The quantitative estimate of drug-likeness (QED) is 0.756. The van der Waals surface area contributed by atoms with Crippen LogP contribution in [0, 0.1) is 17.1 Å². The summed E-state index contributed by atoms with van der Waals surface area (Å²) in [4.78, 5) is 14.2. The molecule has 0 saturated heterocycles. The second kappa shape index (κ2) is 4.76. The zero-order valence-corrected chi connectivity index (χ0v) is 10.9. The third kappa shape index (κ3) is 2.23. The molecule has 0 spiro atoms. The molecule has 1 aromatic heterocycles. The number of benzene rings is 2. The van der Waals surface area contributed by atoms with E-state index in [1.807, 2.05) is 0 Å². The fraction of sp³-hybridized carbons (Fsp3) is 0. The van der Waals surface area contributed by atoms with Crippen molar-refractivity contribution in [3.63, 3.8) is 0 Å². The summed E-state index contributed by atoms with van der Waals surface area (Å²) in [6.07, 6.45) is 0. The van der Waals surface area contributed by atoms with E-state index in [9.17, 15) is 9.18 Å². The molecule has 1 heterocycles. The highest BCUT2D eigenvalue weighted by atomic mass is 19.1. The van der Waals surface area contributed by atoms with Crippen molar-refractivity contribution in [3.8, 4) is 17.2 Å². The molecule has 3 aromatic rings. The predicted molar refractivity (Wildman–Crippen MR) is 76.9 cm³/mol. The maximum Gasteiger partial charge on any atom is 0.265 e. The maximum atomic E-state index is 13.1. The molecule has 3 rings (SSSR count). The highest BCUT2D eigenvalue weighted by Gasteiger charge is 2.12. The van der Waals surface area contributed by atoms with E-state index in [0.717, 1.165) is 11.1 Å². The number of nitriles is 1. The Morgan fingerprint density at radius 3 is 2.52 bits per heavy atom. The van der Waals surface area contributed by atoms with Crippen molar-refractivity contribution in [1.82, 2.24) is 4.98 Å². The molecule has 0 aliphatic rings. The van der Waals surface area contributed by atoms with E-state index < -0.39 is 5.91 Å². The van der Waals surface area contributed by atoms with Crippen molar-refractivity contribution in [2.75, 3.05) is 0 Å². The number of halogens is 1. The Balaban J connectivity index is 2.31. The SMILES string of the molecule is N#Cc1cc(-c2ccc(F)cc2)c2[nH]c(C(N)=O)cc2c1. The summed E-state index contributed by atoms with van der Waals surface area (Å²) < 4.78 is 13.1. The van der Waals surface area contributed by atoms with Gasteiger partial charge in [0, 0.05) is 10.9 Å². The molecular formula is C16H10FN3O. The number of nitrogens with zero attached hydrogens (tertiary/aromatic N) is 1. The van der Waals surface area contributed by atoms with Crippen molar-refractivity contribution in [2.24, 2.45) is 5.73 Å². The van der Waals surface area contributed by atoms with Gasteiger partial charge in [-0.15, -0.1) is 0 Å². The van der Waals surface area contributed by atoms with Crippen molar-refractivity contribution in [2.45, 2.75) is 0 Å². The first-order valence-electron chi connectivity index (χ1n) is 6.21. The number of amides is 1. The zero-order chi connectivity index (χ0) is 15.0. The minimum atomic E-state index is -0.574. The topological polar surface area (TPSA) is 82.7 Å². The molecule has 102 valence electrons. The van der Waals surface area contributed by atoms with Gasteiger partial charge in [-0.1, -0.05) is 12.1 Å². The number of aromatic nitrogens is 1. The number of primary amides is 1. The lowest BCUT2D eigenvalue weighted by Gasteiger charge is -2.05. The predicted octanol–water partition coefficient (Wildman–Crippen LogP) is 2.94. The third-order valence-corrected chi connectivity index (χ3v) is 3.28. The average molecular weight is 279 g/mol. The van der Waals surface area contributed by atoms with Gasteiger partial charge in [0.05, 0.1) is 17.1 Å². The number of fused-ring (bicyclic) bond motifs is 1. The van der Waals surface area contributed by atoms with Crippen molar-refractivity contribution in [3.05, 3.63) is 59.5 Å². The monoisotopic (exact) mass is 279 g/mol. The van der Waals surface area contributed by atoms with Crippen LogP contribution in [0.25, 0.3) is 22.0 Å². The van der Waals surface area contributed by atoms with E-state index >= 15 is 0 Å². The van der Waals surface area contributed by atoms with Crippen LogP contribution in [-0.4, -0.2) is 10.9 Å². The second-order valence-corrected chi connectivity index (χ2v) is 4.65. The lowest BCUT2D eigenvalue weighted by atomic mass is 10.0. The molecule has 3 N–H and O–H groups in total. The lowest BCUT2D eigenvalue weighted by Crippen LogP contribution is -2.10. The highest BCUT2D eigenvalue weighted by Crippen LogP contribution is 2.30. The molecule has 0 saturated carbocycles. The van der Waals surface area contributed by atoms with Crippen LogP contribution in [0.1, 0.15) is 16.1 Å². The first-order valence-corrected chi connectivity index (χ1v) is 6.21. The Morgan fingerprint density at radius 1 is 1.19 bits per heavy atom. The molecule has 21 heavy (non-hydrogen) atoms. The van der Waals surface area contributed by atoms with Crippen LogP contribution < -0.4 is 5.73 Å². The van der Waals surface area contributed by atoms with Crippen LogP contribution in [0.4, 0.5) is 4.39 Å². The molecule has 0 aliphatic heterocycles. The zero-order valence-electron chi connectivity index (χ0n) is 10.9. The summed E-state index contributed by atoms with van der Waals surface area (Å²) in [6, 6.07) is 13.0. The third-order valence-electron chi connectivity index (χ3n) is 3.28. The average Bonchev–Trinajstić information content (AvgIpc) is 2.91. The molecule has 0 fully saturated rings. The van der Waals surface area contributed by atoms with Crippen molar-refractivity contribution in [1.29, 1.82) is 5.26 Å². The highest BCUT2D eigenvalue weighted by molar-refractivity contribution is 6.02. The van der Waals surface area contributed by atoms with Crippen LogP contribution >= 0.6 is 0 Å². The summed E-state index contributed by atoms with van der Waals surface area (Å²) in [7, 11) is 0. The molecule has 0 bridgehead atoms. The Kier molecular flexibility index (Phi) is 2.92. The summed E-state index contributed by atoms with van der Waals surface area (Å²) in [5.74, 6) is -0.912. The van der Waals surface area contributed by atoms with E-state index in [-0.39, 0.29) is 11.5 Å². The summed E-state index contributed by atoms with van der Waals surface area (Å²) in [6.45, 7) is 0. The molecular weight excluding hydrogens is 269 g/mol. The van der Waals surface area contributed by atoms with Gasteiger partial charge in [0.1, 0.15) is 11.5 Å². The van der Waals surface area contributed by atoms with Crippen LogP contribution in [0.3, 0.4) is 0 Å². The number of carbonyl (C=O) groups is 1. The fourth-order valence-electron chi connectivity index (χ4n) is 2.30. The molecule has 0 unspecified atom stereocenters. The van der Waals surface area contributed by atoms with Crippen molar-refractivity contribution >= 4 is 16.8 Å². The molecule has 0 aliphatic carbocycles. The van der Waals surface area contributed by atoms with Gasteiger partial charge in [0.25, 0.3) is 5.91 Å². The number of nitrogens with two attached hydrogens (primary N) is 1. The number of H-pyrrole nitrogens is 1. The van der Waals surface area contributed by atoms with Gasteiger partial charge < -0.3 is 10.7 Å². The first-order chi connectivity index (χ1) is 10.1. The number of hydrogen-bond donors (Lipinski definition) is 2.